The van der Waals surface area contributed by atoms with Crippen LogP contribution < -0.4 is 10.9 Å². The molecule has 2 N–H and O–H groups in total. The maximum atomic E-state index is 12.0. The zero-order valence-corrected chi connectivity index (χ0v) is 12.0. The highest BCUT2D eigenvalue weighted by molar-refractivity contribution is 7.93. The molecule has 0 aliphatic rings. The van der Waals surface area contributed by atoms with Crippen LogP contribution >= 0.6 is 0 Å². The van der Waals surface area contributed by atoms with E-state index in [1.54, 1.807) is 24.3 Å². The average molecular weight is 307 g/mol. The molecule has 0 saturated carbocycles. The number of amides is 1. The molecular weight excluding hydrogens is 294 g/mol. The van der Waals surface area contributed by atoms with Crippen molar-refractivity contribution < 1.29 is 13.2 Å². The number of hydrogen-bond donors (Lipinski definition) is 2. The topological polar surface area (TPSA) is 109 Å². The molecule has 21 heavy (non-hydrogen) atoms. The lowest BCUT2D eigenvalue weighted by molar-refractivity contribution is 0.0954. The number of H-pyrrole nitrogens is 1. The van der Waals surface area contributed by atoms with Gasteiger partial charge in [-0.05, 0) is 6.07 Å². The van der Waals surface area contributed by atoms with Crippen molar-refractivity contribution in [2.24, 2.45) is 0 Å². The third-order valence-corrected chi connectivity index (χ3v) is 3.32. The van der Waals surface area contributed by atoms with Gasteiger partial charge in [0, 0.05) is 23.6 Å². The number of rotatable bonds is 4. The van der Waals surface area contributed by atoms with E-state index in [-0.39, 0.29) is 17.8 Å². The fourth-order valence-electron chi connectivity index (χ4n) is 1.75. The Hall–Kier alpha value is -2.48. The monoisotopic (exact) mass is 307 g/mol. The minimum atomic E-state index is -3.22. The number of aromatic amines is 1. The van der Waals surface area contributed by atoms with Crippen molar-refractivity contribution in [3.05, 3.63) is 51.8 Å². The summed E-state index contributed by atoms with van der Waals surface area (Å²) in [4.78, 5) is 23.6. The molecule has 110 valence electrons. The van der Waals surface area contributed by atoms with Crippen LogP contribution in [-0.4, -0.2) is 37.3 Å². The molecule has 1 aromatic heterocycles. The molecule has 1 aromatic carbocycles. The molecule has 0 unspecified atom stereocenters. The fraction of sp³-hybridized carbons (Fsp3) is 0.154. The summed E-state index contributed by atoms with van der Waals surface area (Å²) in [6.45, 7) is 0.0427. The third kappa shape index (κ3) is 3.76. The summed E-state index contributed by atoms with van der Waals surface area (Å²) >= 11 is 0. The Morgan fingerprint density at radius 2 is 2.00 bits per heavy atom. The second-order valence-corrected chi connectivity index (χ2v) is 6.29. The molecule has 0 bridgehead atoms. The van der Waals surface area contributed by atoms with E-state index in [9.17, 15) is 18.0 Å². The highest BCUT2D eigenvalue weighted by Crippen LogP contribution is 2.11. The van der Waals surface area contributed by atoms with E-state index in [4.69, 9.17) is 0 Å². The number of aromatic nitrogens is 2. The predicted octanol–water partition coefficient (Wildman–Crippen LogP) is 0.211. The molecule has 7 nitrogen and oxygen atoms in total. The molecule has 2 aromatic rings. The maximum absolute atomic E-state index is 12.0. The molecule has 0 fully saturated rings. The summed E-state index contributed by atoms with van der Waals surface area (Å²) in [6.07, 6.45) is 2.38. The van der Waals surface area contributed by atoms with Crippen LogP contribution in [0.5, 0.6) is 0 Å². The van der Waals surface area contributed by atoms with Crippen LogP contribution in [0.3, 0.4) is 0 Å². The first kappa shape index (κ1) is 14.9. The van der Waals surface area contributed by atoms with Gasteiger partial charge in [-0.1, -0.05) is 24.3 Å². The highest BCUT2D eigenvalue weighted by atomic mass is 32.2. The van der Waals surface area contributed by atoms with E-state index in [1.807, 2.05) is 0 Å². The quantitative estimate of drug-likeness (QED) is 0.839. The largest absolute Gasteiger partial charge is 0.347 e. The second-order valence-electron chi connectivity index (χ2n) is 4.36. The summed E-state index contributed by atoms with van der Waals surface area (Å²) in [6, 6.07) is 6.60. The lowest BCUT2D eigenvalue weighted by Crippen LogP contribution is -2.26. The molecule has 1 amide bonds. The predicted molar refractivity (Wildman–Crippen MR) is 78.7 cm³/mol. The number of fused-ring (bicyclic) bond motifs is 1. The first-order valence-corrected chi connectivity index (χ1v) is 7.96. The van der Waals surface area contributed by atoms with Gasteiger partial charge >= 0.3 is 0 Å². The minimum Gasteiger partial charge on any atom is -0.347 e. The van der Waals surface area contributed by atoms with Gasteiger partial charge in [0.25, 0.3) is 11.5 Å². The Morgan fingerprint density at radius 3 is 2.67 bits per heavy atom. The van der Waals surface area contributed by atoms with Gasteiger partial charge in [-0.15, -0.1) is 0 Å². The summed E-state index contributed by atoms with van der Waals surface area (Å²) in [5, 5.41) is 10.3. The SMILES string of the molecule is CS(=O)(=O)/C=C/CNC(=O)c1n[nH]c(=O)c2ccccc12. The molecule has 0 saturated heterocycles. The molecule has 0 radical (unpaired) electrons. The number of nitrogens with zero attached hydrogens (tertiary/aromatic N) is 1. The van der Waals surface area contributed by atoms with Crippen molar-refractivity contribution in [2.75, 3.05) is 12.8 Å². The Balaban J connectivity index is 2.23. The number of benzene rings is 1. The van der Waals surface area contributed by atoms with E-state index in [1.165, 1.54) is 6.08 Å². The van der Waals surface area contributed by atoms with E-state index >= 15 is 0 Å². The van der Waals surface area contributed by atoms with Crippen molar-refractivity contribution in [3.8, 4) is 0 Å². The molecule has 0 aliphatic carbocycles. The van der Waals surface area contributed by atoms with Crippen molar-refractivity contribution in [2.45, 2.75) is 0 Å². The van der Waals surface area contributed by atoms with Crippen molar-refractivity contribution in [1.29, 1.82) is 0 Å². The Labute approximate surface area is 120 Å². The lowest BCUT2D eigenvalue weighted by Gasteiger charge is -2.04. The van der Waals surface area contributed by atoms with Crippen molar-refractivity contribution in [1.82, 2.24) is 15.5 Å². The minimum absolute atomic E-state index is 0.0427. The van der Waals surface area contributed by atoms with Crippen LogP contribution in [0.15, 0.2) is 40.5 Å². The number of carbonyl (C=O) groups is 1. The number of nitrogens with one attached hydrogen (secondary N) is 2. The van der Waals surface area contributed by atoms with Gasteiger partial charge in [-0.2, -0.15) is 5.10 Å². The van der Waals surface area contributed by atoms with E-state index in [0.29, 0.717) is 10.8 Å². The van der Waals surface area contributed by atoms with Gasteiger partial charge in [-0.3, -0.25) is 9.59 Å². The van der Waals surface area contributed by atoms with Gasteiger partial charge in [0.1, 0.15) is 0 Å². The van der Waals surface area contributed by atoms with E-state index in [2.05, 4.69) is 15.5 Å². The molecule has 2 rings (SSSR count). The molecule has 8 heteroatoms. The van der Waals surface area contributed by atoms with Crippen LogP contribution in [0.1, 0.15) is 10.5 Å². The van der Waals surface area contributed by atoms with Crippen LogP contribution in [0.25, 0.3) is 10.8 Å². The van der Waals surface area contributed by atoms with Gasteiger partial charge < -0.3 is 5.32 Å². The van der Waals surface area contributed by atoms with Crippen LogP contribution in [0.4, 0.5) is 0 Å². The Bertz CT molecular complexity index is 868. The summed E-state index contributed by atoms with van der Waals surface area (Å²) in [5.74, 6) is -0.499. The maximum Gasteiger partial charge on any atom is 0.272 e. The molecule has 0 spiro atoms. The van der Waals surface area contributed by atoms with Gasteiger partial charge in [0.2, 0.25) is 0 Å². The smallest absolute Gasteiger partial charge is 0.272 e. The van der Waals surface area contributed by atoms with Crippen molar-refractivity contribution in [3.63, 3.8) is 0 Å². The normalized spacial score (nSPS) is 11.9. The van der Waals surface area contributed by atoms with Crippen LogP contribution in [0.2, 0.25) is 0 Å². The standard InChI is InChI=1S/C13H13N3O4S/c1-21(19,20)8-4-7-14-13(18)11-9-5-2-3-6-10(9)12(17)16-15-11/h2-6,8H,7H2,1H3,(H,14,18)(H,16,17)/b8-4+. The van der Waals surface area contributed by atoms with E-state index < -0.39 is 15.7 Å². The third-order valence-electron chi connectivity index (χ3n) is 2.64. The van der Waals surface area contributed by atoms with Gasteiger partial charge in [-0.25, -0.2) is 13.5 Å². The van der Waals surface area contributed by atoms with Crippen molar-refractivity contribution >= 4 is 26.5 Å². The summed E-state index contributed by atoms with van der Waals surface area (Å²) in [7, 11) is -3.22. The first-order chi connectivity index (χ1) is 9.88. The van der Waals surface area contributed by atoms with E-state index in [0.717, 1.165) is 11.7 Å². The summed E-state index contributed by atoms with van der Waals surface area (Å²) < 4.78 is 21.8. The molecule has 0 atom stereocenters. The van der Waals surface area contributed by atoms with Crippen LogP contribution in [0, 0.1) is 0 Å². The average Bonchev–Trinajstić information content (AvgIpc) is 2.43. The van der Waals surface area contributed by atoms with Crippen LogP contribution in [-0.2, 0) is 9.84 Å². The number of hydrogen-bond acceptors (Lipinski definition) is 5. The number of carbonyl (C=O) groups excluding carboxylic acids is 1. The molecule has 1 heterocycles. The van der Waals surface area contributed by atoms with Gasteiger partial charge in [0.15, 0.2) is 15.5 Å². The second kappa shape index (κ2) is 5.88. The Morgan fingerprint density at radius 1 is 1.33 bits per heavy atom. The highest BCUT2D eigenvalue weighted by Gasteiger charge is 2.12. The number of sulfone groups is 1. The zero-order chi connectivity index (χ0) is 15.5. The summed E-state index contributed by atoms with van der Waals surface area (Å²) in [5.41, 5.74) is -0.294. The Kier molecular flexibility index (Phi) is 4.18. The zero-order valence-electron chi connectivity index (χ0n) is 11.2. The lowest BCUT2D eigenvalue weighted by atomic mass is 10.1. The molecular formula is C13H13N3O4S. The fourth-order valence-corrected chi connectivity index (χ4v) is 2.19. The van der Waals surface area contributed by atoms with Gasteiger partial charge in [0.05, 0.1) is 5.39 Å². The molecule has 0 aliphatic heterocycles. The first-order valence-electron chi connectivity index (χ1n) is 6.01.